The summed E-state index contributed by atoms with van der Waals surface area (Å²) in [6.07, 6.45) is -0.0874. The van der Waals surface area contributed by atoms with Gasteiger partial charge in [0.1, 0.15) is 0 Å². The fourth-order valence-corrected chi connectivity index (χ4v) is 0.511. The van der Waals surface area contributed by atoms with E-state index in [4.69, 9.17) is 0 Å². The van der Waals surface area contributed by atoms with E-state index in [-0.39, 0.29) is 0 Å². The van der Waals surface area contributed by atoms with Crippen molar-refractivity contribution in [2.24, 2.45) is 0 Å². The molecule has 1 unspecified atom stereocenters. The number of rotatable bonds is 3. The van der Waals surface area contributed by atoms with Gasteiger partial charge in [-0.2, -0.15) is 0 Å². The molecule has 3 nitrogen and oxygen atoms in total. The van der Waals surface area contributed by atoms with Crippen LogP contribution in [-0.4, -0.2) is 19.2 Å². The highest BCUT2D eigenvalue weighted by Gasteiger charge is 2.14. The van der Waals surface area contributed by atoms with Crippen molar-refractivity contribution in [2.45, 2.75) is 25.9 Å². The summed E-state index contributed by atoms with van der Waals surface area (Å²) in [5.74, 6) is -0.656. The molecule has 1 radical (unpaired) electrons. The highest BCUT2D eigenvalue weighted by Crippen LogP contribution is 1.97. The average molecular weight is 131 g/mol. The highest BCUT2D eigenvalue weighted by molar-refractivity contribution is 5.73. The highest BCUT2D eigenvalue weighted by atomic mass is 16.5. The quantitative estimate of drug-likeness (QED) is 0.531. The minimum absolute atomic E-state index is 0.368. The Labute approximate surface area is 54.6 Å². The van der Waals surface area contributed by atoms with Gasteiger partial charge in [0.2, 0.25) is 0 Å². The van der Waals surface area contributed by atoms with Crippen LogP contribution in [0.1, 0.15) is 19.8 Å². The summed E-state index contributed by atoms with van der Waals surface area (Å²) < 4.78 is 4.21. The van der Waals surface area contributed by atoms with Crippen molar-refractivity contribution in [3.63, 3.8) is 0 Å². The molecule has 0 fully saturated rings. The predicted octanol–water partition coefficient (Wildman–Crippen LogP) is 0.759. The fraction of sp³-hybridized carbons (Fsp3) is 0.833. The smallest absolute Gasteiger partial charge is 0.338 e. The molecule has 0 amide bonds. The van der Waals surface area contributed by atoms with Crippen LogP contribution in [0.15, 0.2) is 0 Å². The van der Waals surface area contributed by atoms with Gasteiger partial charge in [-0.1, -0.05) is 13.3 Å². The minimum Gasteiger partial charge on any atom is -0.467 e. The zero-order chi connectivity index (χ0) is 7.28. The Morgan fingerprint density at radius 2 is 2.22 bits per heavy atom. The molecule has 0 aromatic heterocycles. The van der Waals surface area contributed by atoms with Crippen molar-refractivity contribution < 1.29 is 14.6 Å². The Morgan fingerprint density at radius 1 is 1.67 bits per heavy atom. The Morgan fingerprint density at radius 3 is 2.56 bits per heavy atom. The predicted molar refractivity (Wildman–Crippen MR) is 31.4 cm³/mol. The van der Waals surface area contributed by atoms with Gasteiger partial charge in [-0.05, 0) is 6.42 Å². The van der Waals surface area contributed by atoms with E-state index in [1.807, 2.05) is 6.92 Å². The second-order valence-corrected chi connectivity index (χ2v) is 1.80. The number of ether oxygens (including phenoxy) is 1. The summed E-state index contributed by atoms with van der Waals surface area (Å²) in [6, 6.07) is 0. The number of methoxy groups -OCH3 is 1. The molecule has 0 aliphatic heterocycles. The number of carbonyl (C=O) groups excluding carboxylic acids is 1. The number of hydrogen-bond acceptors (Lipinski definition) is 2. The van der Waals surface area contributed by atoms with Crippen LogP contribution in [0.25, 0.3) is 0 Å². The van der Waals surface area contributed by atoms with Gasteiger partial charge in [-0.15, -0.1) is 0 Å². The molecular formula is C6H11O3. The van der Waals surface area contributed by atoms with Crippen molar-refractivity contribution in [3.8, 4) is 0 Å². The minimum atomic E-state index is -1.18. The monoisotopic (exact) mass is 131 g/mol. The standard InChI is InChI=1S/C6H11O3/c1-3-4-5(7)6(8)9-2/h5H,3-4H2,1-2H3. The first-order chi connectivity index (χ1) is 4.22. The molecule has 0 saturated heterocycles. The molecular weight excluding hydrogens is 120 g/mol. The second kappa shape index (κ2) is 4.32. The van der Waals surface area contributed by atoms with Gasteiger partial charge in [0.25, 0.3) is 0 Å². The van der Waals surface area contributed by atoms with Gasteiger partial charge in [0, 0.05) is 0 Å². The maximum absolute atomic E-state index is 10.6. The molecule has 0 aliphatic rings. The van der Waals surface area contributed by atoms with Crippen molar-refractivity contribution in [1.29, 1.82) is 0 Å². The zero-order valence-corrected chi connectivity index (χ0v) is 5.72. The zero-order valence-electron chi connectivity index (χ0n) is 5.72. The first kappa shape index (κ1) is 8.43. The van der Waals surface area contributed by atoms with Crippen LogP contribution >= 0.6 is 0 Å². The largest absolute Gasteiger partial charge is 0.467 e. The van der Waals surface area contributed by atoms with Crippen molar-refractivity contribution in [3.05, 3.63) is 0 Å². The molecule has 0 heterocycles. The van der Waals surface area contributed by atoms with Crippen LogP contribution in [0.4, 0.5) is 0 Å². The number of esters is 1. The average Bonchev–Trinajstić information content (AvgIpc) is 1.87. The van der Waals surface area contributed by atoms with E-state index in [2.05, 4.69) is 4.74 Å². The lowest BCUT2D eigenvalue weighted by molar-refractivity contribution is -0.154. The molecule has 1 atom stereocenters. The molecule has 0 N–H and O–H groups in total. The molecule has 9 heavy (non-hydrogen) atoms. The molecule has 0 aromatic rings. The number of carbonyl (C=O) groups is 1. The summed E-state index contributed by atoms with van der Waals surface area (Å²) in [5, 5.41) is 10.6. The summed E-state index contributed by atoms with van der Waals surface area (Å²) in [5.41, 5.74) is 0. The van der Waals surface area contributed by atoms with E-state index in [9.17, 15) is 9.90 Å². The molecule has 0 aromatic carbocycles. The Balaban J connectivity index is 3.45. The first-order valence-electron chi connectivity index (χ1n) is 2.96. The van der Waals surface area contributed by atoms with E-state index in [1.165, 1.54) is 7.11 Å². The summed E-state index contributed by atoms with van der Waals surface area (Å²) in [7, 11) is 1.23. The summed E-state index contributed by atoms with van der Waals surface area (Å²) >= 11 is 0. The van der Waals surface area contributed by atoms with Crippen LogP contribution in [0, 0.1) is 0 Å². The van der Waals surface area contributed by atoms with Crippen LogP contribution < -0.4 is 0 Å². The van der Waals surface area contributed by atoms with Crippen molar-refractivity contribution in [1.82, 2.24) is 0 Å². The topological polar surface area (TPSA) is 46.2 Å². The molecule has 0 spiro atoms. The molecule has 0 bridgehead atoms. The van der Waals surface area contributed by atoms with E-state index in [1.54, 1.807) is 0 Å². The van der Waals surface area contributed by atoms with Crippen molar-refractivity contribution in [2.75, 3.05) is 7.11 Å². The van der Waals surface area contributed by atoms with E-state index in [0.29, 0.717) is 6.42 Å². The van der Waals surface area contributed by atoms with Crippen LogP contribution in [-0.2, 0) is 14.6 Å². The normalized spacial score (nSPS) is 12.8. The van der Waals surface area contributed by atoms with E-state index >= 15 is 0 Å². The fourth-order valence-electron chi connectivity index (χ4n) is 0.511. The lowest BCUT2D eigenvalue weighted by atomic mass is 10.2. The molecule has 53 valence electrons. The van der Waals surface area contributed by atoms with Gasteiger partial charge >= 0.3 is 5.97 Å². The SMILES string of the molecule is CCCC([O])C(=O)OC. The third-order valence-corrected chi connectivity index (χ3v) is 1.01. The summed E-state index contributed by atoms with van der Waals surface area (Å²) in [4.78, 5) is 10.4. The van der Waals surface area contributed by atoms with Gasteiger partial charge < -0.3 is 4.74 Å². The Hall–Kier alpha value is -0.570. The molecule has 3 heteroatoms. The van der Waals surface area contributed by atoms with Gasteiger partial charge in [-0.25, -0.2) is 9.90 Å². The Kier molecular flexibility index (Phi) is 4.05. The van der Waals surface area contributed by atoms with Gasteiger partial charge in [0.15, 0.2) is 6.10 Å². The molecule has 0 aliphatic carbocycles. The first-order valence-corrected chi connectivity index (χ1v) is 2.96. The van der Waals surface area contributed by atoms with E-state index < -0.39 is 12.1 Å². The number of hydrogen-bond donors (Lipinski definition) is 0. The second-order valence-electron chi connectivity index (χ2n) is 1.80. The molecule has 0 rings (SSSR count). The van der Waals surface area contributed by atoms with Crippen LogP contribution in [0.2, 0.25) is 0 Å². The maximum Gasteiger partial charge on any atom is 0.338 e. The van der Waals surface area contributed by atoms with Crippen LogP contribution in [0.3, 0.4) is 0 Å². The van der Waals surface area contributed by atoms with Gasteiger partial charge in [0.05, 0.1) is 7.11 Å². The lowest BCUT2D eigenvalue weighted by Crippen LogP contribution is -2.19. The third kappa shape index (κ3) is 3.08. The Bertz CT molecular complexity index is 90.3. The molecule has 0 saturated carbocycles. The van der Waals surface area contributed by atoms with Gasteiger partial charge in [-0.3, -0.25) is 0 Å². The van der Waals surface area contributed by atoms with Crippen LogP contribution in [0.5, 0.6) is 0 Å². The third-order valence-electron chi connectivity index (χ3n) is 1.01. The van der Waals surface area contributed by atoms with Crippen molar-refractivity contribution >= 4 is 5.97 Å². The summed E-state index contributed by atoms with van der Waals surface area (Å²) in [6.45, 7) is 1.86. The maximum atomic E-state index is 10.6. The van der Waals surface area contributed by atoms with E-state index in [0.717, 1.165) is 6.42 Å². The lowest BCUT2D eigenvalue weighted by Gasteiger charge is -2.01.